The first kappa shape index (κ1) is 20.2. The molecule has 2 nitrogen and oxygen atoms in total. The summed E-state index contributed by atoms with van der Waals surface area (Å²) in [6.07, 6.45) is 3.28. The monoisotopic (exact) mass is 364 g/mol. The lowest BCUT2D eigenvalue weighted by atomic mass is 10.2. The van der Waals surface area contributed by atoms with Crippen molar-refractivity contribution in [2.45, 2.75) is 45.1 Å². The Balaban J connectivity index is 2.30. The van der Waals surface area contributed by atoms with Crippen molar-refractivity contribution in [3.8, 4) is 11.8 Å². The van der Waals surface area contributed by atoms with E-state index in [0.717, 1.165) is 19.3 Å². The summed E-state index contributed by atoms with van der Waals surface area (Å²) in [6.45, 7) is 7.56. The molecule has 0 bridgehead atoms. The lowest BCUT2D eigenvalue weighted by Crippen LogP contribution is -2.66. The highest BCUT2D eigenvalue weighted by atomic mass is 28.4. The van der Waals surface area contributed by atoms with E-state index in [-0.39, 0.29) is 5.04 Å². The van der Waals surface area contributed by atoms with Crippen molar-refractivity contribution >= 4 is 25.0 Å². The zero-order chi connectivity index (χ0) is 18.9. The molecule has 2 aromatic rings. The summed E-state index contributed by atoms with van der Waals surface area (Å²) in [4.78, 5) is 10.3. The zero-order valence-electron chi connectivity index (χ0n) is 16.0. The van der Waals surface area contributed by atoms with Gasteiger partial charge in [-0.1, -0.05) is 87.4 Å². The molecule has 0 amide bonds. The molecule has 0 spiro atoms. The molecular formula is C23H28O2Si. The van der Waals surface area contributed by atoms with Crippen LogP contribution in [0.5, 0.6) is 0 Å². The molecule has 26 heavy (non-hydrogen) atoms. The normalized spacial score (nSPS) is 11.5. The second-order valence-corrected chi connectivity index (χ2v) is 11.7. The van der Waals surface area contributed by atoms with Crippen LogP contribution in [-0.4, -0.2) is 21.2 Å². The van der Waals surface area contributed by atoms with Gasteiger partial charge in [-0.25, -0.2) is 0 Å². The topological polar surface area (TPSA) is 26.3 Å². The Morgan fingerprint density at radius 3 is 1.92 bits per heavy atom. The molecule has 0 aliphatic rings. The maximum absolute atomic E-state index is 10.3. The van der Waals surface area contributed by atoms with Crippen LogP contribution in [0.25, 0.3) is 0 Å². The average Bonchev–Trinajstić information content (AvgIpc) is 2.64. The Hall–Kier alpha value is -2.15. The molecular weight excluding hydrogens is 336 g/mol. The predicted molar refractivity (Wildman–Crippen MR) is 111 cm³/mol. The van der Waals surface area contributed by atoms with Crippen LogP contribution in [0.4, 0.5) is 0 Å². The largest absolute Gasteiger partial charge is 0.407 e. The third kappa shape index (κ3) is 4.72. The number of benzene rings is 2. The standard InChI is InChI=1S/C23H28O2Si/c1-23(2,3)26(21-15-9-7-10-16-21,22-17-11-8-12-18-22)25-20-14-6-4-5-13-19-24/h7-12,15-19H,4,6,14,20H2,1-3H3. The Morgan fingerprint density at radius 1 is 0.923 bits per heavy atom. The highest BCUT2D eigenvalue weighted by Crippen LogP contribution is 2.36. The molecule has 0 atom stereocenters. The van der Waals surface area contributed by atoms with Crippen LogP contribution >= 0.6 is 0 Å². The van der Waals surface area contributed by atoms with Crippen LogP contribution in [0, 0.1) is 11.8 Å². The van der Waals surface area contributed by atoms with E-state index in [1.807, 2.05) is 0 Å². The van der Waals surface area contributed by atoms with Crippen molar-refractivity contribution in [2.24, 2.45) is 0 Å². The summed E-state index contributed by atoms with van der Waals surface area (Å²) in [7, 11) is -2.42. The van der Waals surface area contributed by atoms with E-state index in [1.54, 1.807) is 0 Å². The number of rotatable bonds is 7. The van der Waals surface area contributed by atoms with Gasteiger partial charge < -0.3 is 4.43 Å². The summed E-state index contributed by atoms with van der Waals surface area (Å²) in [5.74, 6) is 5.33. The maximum atomic E-state index is 10.3. The number of hydrogen-bond donors (Lipinski definition) is 0. The molecule has 0 saturated heterocycles. The second-order valence-electron chi connectivity index (χ2n) is 7.41. The van der Waals surface area contributed by atoms with Gasteiger partial charge in [0.05, 0.1) is 0 Å². The SMILES string of the molecule is CC(C)(C)[Si](OCCCCC#CC=O)(c1ccccc1)c1ccccc1. The van der Waals surface area contributed by atoms with Crippen molar-refractivity contribution in [3.05, 3.63) is 60.7 Å². The molecule has 0 aliphatic carbocycles. The third-order valence-electron chi connectivity index (χ3n) is 4.59. The van der Waals surface area contributed by atoms with Crippen molar-refractivity contribution in [2.75, 3.05) is 6.61 Å². The summed E-state index contributed by atoms with van der Waals surface area (Å²) < 4.78 is 6.79. The minimum atomic E-state index is -2.42. The van der Waals surface area contributed by atoms with E-state index in [4.69, 9.17) is 4.43 Å². The summed E-state index contributed by atoms with van der Waals surface area (Å²) in [6, 6.07) is 21.4. The van der Waals surface area contributed by atoms with Gasteiger partial charge >= 0.3 is 0 Å². The van der Waals surface area contributed by atoms with Crippen LogP contribution in [0.15, 0.2) is 60.7 Å². The number of carbonyl (C=O) groups is 1. The van der Waals surface area contributed by atoms with Crippen LogP contribution in [0.3, 0.4) is 0 Å². The predicted octanol–water partition coefficient (Wildman–Crippen LogP) is 3.94. The number of hydrogen-bond acceptors (Lipinski definition) is 2. The van der Waals surface area contributed by atoms with Gasteiger partial charge in [0.15, 0.2) is 6.29 Å². The van der Waals surface area contributed by atoms with E-state index in [1.165, 1.54) is 10.4 Å². The quantitative estimate of drug-likeness (QED) is 0.322. The highest BCUT2D eigenvalue weighted by Gasteiger charge is 2.49. The van der Waals surface area contributed by atoms with Gasteiger partial charge in [0.2, 0.25) is 0 Å². The van der Waals surface area contributed by atoms with Gasteiger partial charge in [-0.15, -0.1) is 0 Å². The first-order valence-corrected chi connectivity index (χ1v) is 11.1. The molecule has 0 fully saturated rings. The van der Waals surface area contributed by atoms with Crippen LogP contribution < -0.4 is 10.4 Å². The smallest absolute Gasteiger partial charge is 0.261 e. The van der Waals surface area contributed by atoms with Crippen molar-refractivity contribution < 1.29 is 9.22 Å². The molecule has 0 N–H and O–H groups in total. The lowest BCUT2D eigenvalue weighted by molar-refractivity contribution is -0.103. The molecule has 0 unspecified atom stereocenters. The minimum absolute atomic E-state index is 0.00697. The molecule has 3 heteroatoms. The average molecular weight is 365 g/mol. The fraction of sp³-hybridized carbons (Fsp3) is 0.348. The summed E-state index contributed by atoms with van der Waals surface area (Å²) in [5.41, 5.74) is 0. The van der Waals surface area contributed by atoms with E-state index in [0.29, 0.717) is 12.9 Å². The second kappa shape index (κ2) is 9.52. The lowest BCUT2D eigenvalue weighted by Gasteiger charge is -2.43. The summed E-state index contributed by atoms with van der Waals surface area (Å²) in [5, 5.41) is 2.62. The van der Waals surface area contributed by atoms with E-state index in [2.05, 4.69) is 93.3 Å². The first-order chi connectivity index (χ1) is 12.5. The minimum Gasteiger partial charge on any atom is -0.407 e. The Morgan fingerprint density at radius 2 is 1.46 bits per heavy atom. The fourth-order valence-electron chi connectivity index (χ4n) is 3.42. The van der Waals surface area contributed by atoms with Crippen molar-refractivity contribution in [1.82, 2.24) is 0 Å². The summed E-state index contributed by atoms with van der Waals surface area (Å²) >= 11 is 0. The van der Waals surface area contributed by atoms with Gasteiger partial charge in [0, 0.05) is 13.0 Å². The molecule has 0 radical (unpaired) electrons. The van der Waals surface area contributed by atoms with Crippen molar-refractivity contribution in [1.29, 1.82) is 0 Å². The van der Waals surface area contributed by atoms with Gasteiger partial charge in [0.25, 0.3) is 8.32 Å². The van der Waals surface area contributed by atoms with Gasteiger partial charge in [-0.3, -0.25) is 4.79 Å². The van der Waals surface area contributed by atoms with E-state index < -0.39 is 8.32 Å². The van der Waals surface area contributed by atoms with Gasteiger partial charge in [0.1, 0.15) is 0 Å². The number of unbranched alkanes of at least 4 members (excludes halogenated alkanes) is 2. The number of carbonyl (C=O) groups excluding carboxylic acids is 1. The molecule has 0 saturated carbocycles. The third-order valence-corrected chi connectivity index (χ3v) is 9.63. The van der Waals surface area contributed by atoms with Gasteiger partial charge in [-0.05, 0) is 34.2 Å². The molecule has 0 heterocycles. The Labute approximate surface area is 158 Å². The van der Waals surface area contributed by atoms with Gasteiger partial charge in [-0.2, -0.15) is 0 Å². The molecule has 0 aliphatic heterocycles. The maximum Gasteiger partial charge on any atom is 0.261 e. The highest BCUT2D eigenvalue weighted by molar-refractivity contribution is 6.99. The Kier molecular flexibility index (Phi) is 7.38. The molecule has 2 rings (SSSR count). The van der Waals surface area contributed by atoms with Crippen LogP contribution in [0.2, 0.25) is 5.04 Å². The zero-order valence-corrected chi connectivity index (χ0v) is 17.0. The Bertz CT molecular complexity index is 697. The molecule has 2 aromatic carbocycles. The molecule has 0 aromatic heterocycles. The first-order valence-electron chi connectivity index (χ1n) is 9.19. The number of aldehydes is 1. The van der Waals surface area contributed by atoms with E-state index >= 15 is 0 Å². The van der Waals surface area contributed by atoms with Crippen molar-refractivity contribution in [3.63, 3.8) is 0 Å². The van der Waals surface area contributed by atoms with Crippen LogP contribution in [0.1, 0.15) is 40.0 Å². The van der Waals surface area contributed by atoms with Crippen LogP contribution in [-0.2, 0) is 9.22 Å². The fourth-order valence-corrected chi connectivity index (χ4v) is 8.02. The molecule has 136 valence electrons. The van der Waals surface area contributed by atoms with E-state index in [9.17, 15) is 4.79 Å².